The van der Waals surface area contributed by atoms with E-state index < -0.39 is 0 Å². The van der Waals surface area contributed by atoms with Crippen molar-refractivity contribution in [3.8, 4) is 0 Å². The van der Waals surface area contributed by atoms with E-state index in [0.29, 0.717) is 12.0 Å². The summed E-state index contributed by atoms with van der Waals surface area (Å²) in [7, 11) is 0. The number of nitrogens with one attached hydrogen (secondary N) is 2. The third-order valence-electron chi connectivity index (χ3n) is 4.40. The van der Waals surface area contributed by atoms with Crippen molar-refractivity contribution in [2.24, 2.45) is 11.8 Å². The summed E-state index contributed by atoms with van der Waals surface area (Å²) in [6.07, 6.45) is 6.40. The molecule has 2 aromatic heterocycles. The Hall–Kier alpha value is -1.40. The average Bonchev–Trinajstić information content (AvgIpc) is 2.88. The van der Waals surface area contributed by atoms with Gasteiger partial charge < -0.3 is 5.32 Å². The van der Waals surface area contributed by atoms with Crippen LogP contribution in [0.15, 0.2) is 6.07 Å². The SMILES string of the molecule is CCC1CCCCC1Nc1nc(NN)nc2sc(C)cc12. The predicted octanol–water partition coefficient (Wildman–Crippen LogP) is 3.67. The number of hydrazine groups is 1. The second-order valence-corrected chi connectivity index (χ2v) is 7.05. The number of nitrogens with two attached hydrogens (primary N) is 1. The third-order valence-corrected chi connectivity index (χ3v) is 5.34. The Balaban J connectivity index is 1.94. The third kappa shape index (κ3) is 2.96. The van der Waals surface area contributed by atoms with Gasteiger partial charge in [-0.1, -0.05) is 26.2 Å². The number of aryl methyl sites for hydroxylation is 1. The van der Waals surface area contributed by atoms with Gasteiger partial charge in [-0.3, -0.25) is 5.43 Å². The Labute approximate surface area is 129 Å². The van der Waals surface area contributed by atoms with E-state index in [2.05, 4.69) is 40.6 Å². The molecule has 0 aliphatic heterocycles. The summed E-state index contributed by atoms with van der Waals surface area (Å²) in [5, 5.41) is 4.78. The molecule has 0 radical (unpaired) electrons. The van der Waals surface area contributed by atoms with Gasteiger partial charge in [-0.05, 0) is 31.7 Å². The molecule has 0 bridgehead atoms. The largest absolute Gasteiger partial charge is 0.366 e. The molecule has 4 N–H and O–H groups in total. The van der Waals surface area contributed by atoms with Crippen LogP contribution in [0, 0.1) is 12.8 Å². The second-order valence-electron chi connectivity index (χ2n) is 5.82. The molecule has 2 heterocycles. The first-order valence-electron chi connectivity index (χ1n) is 7.72. The van der Waals surface area contributed by atoms with Crippen molar-refractivity contribution in [2.45, 2.75) is 52.0 Å². The van der Waals surface area contributed by atoms with E-state index in [4.69, 9.17) is 5.84 Å². The molecule has 114 valence electrons. The van der Waals surface area contributed by atoms with Gasteiger partial charge in [-0.25, -0.2) is 10.8 Å². The zero-order chi connectivity index (χ0) is 14.8. The lowest BCUT2D eigenvalue weighted by molar-refractivity contribution is 0.317. The van der Waals surface area contributed by atoms with E-state index in [0.717, 1.165) is 22.0 Å². The summed E-state index contributed by atoms with van der Waals surface area (Å²) in [5.41, 5.74) is 2.58. The summed E-state index contributed by atoms with van der Waals surface area (Å²) in [5.74, 6) is 7.64. The Morgan fingerprint density at radius 3 is 2.90 bits per heavy atom. The quantitative estimate of drug-likeness (QED) is 0.593. The van der Waals surface area contributed by atoms with E-state index in [9.17, 15) is 0 Å². The molecular formula is C15H23N5S. The van der Waals surface area contributed by atoms with Crippen molar-refractivity contribution in [3.63, 3.8) is 0 Å². The molecule has 0 amide bonds. The van der Waals surface area contributed by atoms with Crippen LogP contribution in [0.1, 0.15) is 43.9 Å². The van der Waals surface area contributed by atoms with Gasteiger partial charge in [0.15, 0.2) is 0 Å². The van der Waals surface area contributed by atoms with Gasteiger partial charge in [0.1, 0.15) is 10.6 Å². The molecule has 1 aliphatic carbocycles. The summed E-state index contributed by atoms with van der Waals surface area (Å²) >= 11 is 1.68. The van der Waals surface area contributed by atoms with E-state index in [1.54, 1.807) is 11.3 Å². The highest BCUT2D eigenvalue weighted by Crippen LogP contribution is 2.33. The Bertz CT molecular complexity index is 624. The lowest BCUT2D eigenvalue weighted by Crippen LogP contribution is -2.32. The summed E-state index contributed by atoms with van der Waals surface area (Å²) in [4.78, 5) is 11.2. The minimum Gasteiger partial charge on any atom is -0.366 e. The number of hydrogen-bond acceptors (Lipinski definition) is 6. The first-order chi connectivity index (χ1) is 10.2. The van der Waals surface area contributed by atoms with Crippen LogP contribution in [0.4, 0.5) is 11.8 Å². The fourth-order valence-electron chi connectivity index (χ4n) is 3.28. The molecule has 2 aromatic rings. The molecule has 6 heteroatoms. The van der Waals surface area contributed by atoms with Crippen LogP contribution in [-0.4, -0.2) is 16.0 Å². The smallest absolute Gasteiger partial charge is 0.240 e. The average molecular weight is 305 g/mol. The van der Waals surface area contributed by atoms with Crippen LogP contribution >= 0.6 is 11.3 Å². The summed E-state index contributed by atoms with van der Waals surface area (Å²) in [6.45, 7) is 4.38. The number of thiophene rings is 1. The fraction of sp³-hybridized carbons (Fsp3) is 0.600. The first kappa shape index (κ1) is 14.5. The van der Waals surface area contributed by atoms with Crippen LogP contribution in [0.5, 0.6) is 0 Å². The number of nitrogens with zero attached hydrogens (tertiary/aromatic N) is 2. The maximum absolute atomic E-state index is 5.51. The number of hydrogen-bond donors (Lipinski definition) is 3. The van der Waals surface area contributed by atoms with Crippen LogP contribution in [0.2, 0.25) is 0 Å². The predicted molar refractivity (Wildman–Crippen MR) is 89.6 cm³/mol. The van der Waals surface area contributed by atoms with Crippen LogP contribution < -0.4 is 16.6 Å². The van der Waals surface area contributed by atoms with Gasteiger partial charge in [-0.15, -0.1) is 11.3 Å². The van der Waals surface area contributed by atoms with Gasteiger partial charge in [0.05, 0.1) is 5.39 Å². The Kier molecular flexibility index (Phi) is 4.26. The number of fused-ring (bicyclic) bond motifs is 1. The highest BCUT2D eigenvalue weighted by molar-refractivity contribution is 7.18. The van der Waals surface area contributed by atoms with Crippen LogP contribution in [0.3, 0.4) is 0 Å². The number of nitrogen functional groups attached to an aromatic ring is 1. The zero-order valence-electron chi connectivity index (χ0n) is 12.6. The maximum Gasteiger partial charge on any atom is 0.240 e. The molecule has 3 rings (SSSR count). The van der Waals surface area contributed by atoms with E-state index in [1.807, 2.05) is 0 Å². The van der Waals surface area contributed by atoms with Gasteiger partial charge >= 0.3 is 0 Å². The molecule has 1 saturated carbocycles. The molecule has 0 spiro atoms. The highest BCUT2D eigenvalue weighted by atomic mass is 32.1. The standard InChI is InChI=1S/C15H23N5S/c1-3-10-6-4-5-7-12(10)17-13-11-8-9(2)21-14(11)19-15(18-13)20-16/h8,10,12H,3-7,16H2,1-2H3,(H2,17,18,19,20). The van der Waals surface area contributed by atoms with E-state index in [-0.39, 0.29) is 0 Å². The van der Waals surface area contributed by atoms with Gasteiger partial charge in [0, 0.05) is 10.9 Å². The topological polar surface area (TPSA) is 75.9 Å². The molecule has 1 aliphatic rings. The van der Waals surface area contributed by atoms with E-state index in [1.165, 1.54) is 37.0 Å². The fourth-order valence-corrected chi connectivity index (χ4v) is 4.16. The molecule has 2 unspecified atom stereocenters. The molecule has 2 atom stereocenters. The lowest BCUT2D eigenvalue weighted by atomic mass is 9.83. The van der Waals surface area contributed by atoms with Crippen molar-refractivity contribution < 1.29 is 0 Å². The first-order valence-corrected chi connectivity index (χ1v) is 8.54. The van der Waals surface area contributed by atoms with Crippen LogP contribution in [-0.2, 0) is 0 Å². The molecule has 21 heavy (non-hydrogen) atoms. The molecule has 5 nitrogen and oxygen atoms in total. The second kappa shape index (κ2) is 6.15. The molecule has 0 aromatic carbocycles. The molecular weight excluding hydrogens is 282 g/mol. The maximum atomic E-state index is 5.51. The number of aromatic nitrogens is 2. The molecule has 0 saturated heterocycles. The monoisotopic (exact) mass is 305 g/mol. The van der Waals surface area contributed by atoms with Crippen molar-refractivity contribution >= 4 is 33.3 Å². The normalized spacial score (nSPS) is 22.4. The zero-order valence-corrected chi connectivity index (χ0v) is 13.5. The van der Waals surface area contributed by atoms with Gasteiger partial charge in [-0.2, -0.15) is 4.98 Å². The minimum atomic E-state index is 0.482. The number of anilines is 2. The Morgan fingerprint density at radius 2 is 2.14 bits per heavy atom. The highest BCUT2D eigenvalue weighted by Gasteiger charge is 2.24. The van der Waals surface area contributed by atoms with Crippen molar-refractivity contribution in [1.29, 1.82) is 0 Å². The minimum absolute atomic E-state index is 0.482. The van der Waals surface area contributed by atoms with Crippen molar-refractivity contribution in [3.05, 3.63) is 10.9 Å². The van der Waals surface area contributed by atoms with Crippen molar-refractivity contribution in [1.82, 2.24) is 9.97 Å². The van der Waals surface area contributed by atoms with E-state index >= 15 is 0 Å². The number of rotatable bonds is 4. The van der Waals surface area contributed by atoms with Gasteiger partial charge in [0.2, 0.25) is 5.95 Å². The van der Waals surface area contributed by atoms with Crippen LogP contribution in [0.25, 0.3) is 10.2 Å². The molecule has 1 fully saturated rings. The summed E-state index contributed by atoms with van der Waals surface area (Å²) < 4.78 is 0. The van der Waals surface area contributed by atoms with Crippen molar-refractivity contribution in [2.75, 3.05) is 10.7 Å². The van der Waals surface area contributed by atoms with Gasteiger partial charge in [0.25, 0.3) is 0 Å². The lowest BCUT2D eigenvalue weighted by Gasteiger charge is -2.32. The summed E-state index contributed by atoms with van der Waals surface area (Å²) in [6, 6.07) is 2.67. The Morgan fingerprint density at radius 1 is 1.33 bits per heavy atom.